The maximum atomic E-state index is 12.3. The molecule has 0 aromatic rings. The lowest BCUT2D eigenvalue weighted by atomic mass is 10.0. The number of nitrogens with zero attached hydrogens (tertiary/aromatic N) is 1. The van der Waals surface area contributed by atoms with E-state index in [2.05, 4.69) is 60.7 Å². The lowest BCUT2D eigenvalue weighted by Gasteiger charge is -2.26. The number of hydrogen-bond donors (Lipinski definition) is 2. The SMILES string of the molecule is CCCCCCCC/C=C\CCCCCCCC(=O)NCCCC(CCCNC(=O)CCCCCCC/C=C\CCCCCCCC)N(C)CCl. The van der Waals surface area contributed by atoms with Crippen LogP contribution in [0.1, 0.15) is 219 Å². The topological polar surface area (TPSA) is 61.4 Å². The molecule has 0 saturated heterocycles. The van der Waals surface area contributed by atoms with E-state index < -0.39 is 0 Å². The Hall–Kier alpha value is -1.33. The molecule has 0 spiro atoms. The summed E-state index contributed by atoms with van der Waals surface area (Å²) in [6, 6.07) is 0.862. The van der Waals surface area contributed by atoms with E-state index in [4.69, 9.17) is 11.6 Å². The van der Waals surface area contributed by atoms with Crippen molar-refractivity contribution in [1.82, 2.24) is 15.5 Å². The number of carbonyl (C=O) groups is 2. The summed E-state index contributed by atoms with van der Waals surface area (Å²) in [6.07, 6.45) is 47.8. The minimum Gasteiger partial charge on any atom is -0.356 e. The van der Waals surface area contributed by atoms with Crippen LogP contribution < -0.4 is 10.6 Å². The molecule has 2 amide bonds. The van der Waals surface area contributed by atoms with Crippen molar-refractivity contribution >= 4 is 23.4 Å². The van der Waals surface area contributed by atoms with E-state index in [1.54, 1.807) is 0 Å². The Kier molecular flexibility index (Phi) is 40.3. The van der Waals surface area contributed by atoms with Crippen LogP contribution in [0.5, 0.6) is 0 Å². The third-order valence-corrected chi connectivity index (χ3v) is 10.6. The zero-order valence-corrected chi connectivity index (χ0v) is 35.0. The molecule has 0 heterocycles. The van der Waals surface area contributed by atoms with Crippen LogP contribution >= 0.6 is 11.6 Å². The van der Waals surface area contributed by atoms with E-state index >= 15 is 0 Å². The van der Waals surface area contributed by atoms with Crippen molar-refractivity contribution in [3.63, 3.8) is 0 Å². The fourth-order valence-corrected chi connectivity index (χ4v) is 6.90. The molecule has 0 aliphatic carbocycles. The van der Waals surface area contributed by atoms with Crippen molar-refractivity contribution in [1.29, 1.82) is 0 Å². The van der Waals surface area contributed by atoms with Crippen LogP contribution in [0.25, 0.3) is 0 Å². The molecule has 0 unspecified atom stereocenters. The molecule has 0 aliphatic heterocycles. The van der Waals surface area contributed by atoms with Crippen LogP contribution in [0.4, 0.5) is 0 Å². The molecular formula is C45H86ClN3O2. The Morgan fingerprint density at radius 1 is 0.490 bits per heavy atom. The number of amides is 2. The summed E-state index contributed by atoms with van der Waals surface area (Å²) in [5.74, 6) is 0.368. The minimum atomic E-state index is 0.184. The van der Waals surface area contributed by atoms with Gasteiger partial charge in [-0.1, -0.05) is 141 Å². The second-order valence-electron chi connectivity index (χ2n) is 15.2. The summed E-state index contributed by atoms with van der Waals surface area (Å²) >= 11 is 6.16. The van der Waals surface area contributed by atoms with Gasteiger partial charge in [-0.05, 0) is 96.9 Å². The first-order chi connectivity index (χ1) is 25.0. The Morgan fingerprint density at radius 2 is 0.804 bits per heavy atom. The van der Waals surface area contributed by atoms with Gasteiger partial charge in [0.05, 0.1) is 6.00 Å². The van der Waals surface area contributed by atoms with Crippen molar-refractivity contribution in [3.05, 3.63) is 24.3 Å². The zero-order valence-electron chi connectivity index (χ0n) is 34.3. The predicted octanol–water partition coefficient (Wildman–Crippen LogP) is 13.4. The molecule has 0 atom stereocenters. The Morgan fingerprint density at radius 3 is 1.14 bits per heavy atom. The minimum absolute atomic E-state index is 0.184. The molecule has 0 fully saturated rings. The lowest BCUT2D eigenvalue weighted by molar-refractivity contribution is -0.122. The number of nitrogens with one attached hydrogen (secondary N) is 2. The van der Waals surface area contributed by atoms with Crippen molar-refractivity contribution in [2.24, 2.45) is 0 Å². The van der Waals surface area contributed by atoms with Gasteiger partial charge in [-0.15, -0.1) is 11.6 Å². The number of allylic oxidation sites excluding steroid dienone is 4. The van der Waals surface area contributed by atoms with E-state index in [9.17, 15) is 9.59 Å². The number of rotatable bonds is 40. The third-order valence-electron chi connectivity index (χ3n) is 10.2. The fourth-order valence-electron chi connectivity index (χ4n) is 6.70. The second kappa shape index (κ2) is 41.4. The molecule has 0 saturated carbocycles. The normalized spacial score (nSPS) is 11.9. The molecule has 0 aromatic heterocycles. The monoisotopic (exact) mass is 736 g/mol. The first-order valence-corrected chi connectivity index (χ1v) is 22.7. The van der Waals surface area contributed by atoms with Gasteiger partial charge >= 0.3 is 0 Å². The van der Waals surface area contributed by atoms with Crippen molar-refractivity contribution < 1.29 is 9.59 Å². The largest absolute Gasteiger partial charge is 0.356 e. The van der Waals surface area contributed by atoms with Crippen molar-refractivity contribution in [2.75, 3.05) is 26.1 Å². The standard InChI is InChI=1S/C45H86ClN3O2/c1-4-6-8-10-12-14-16-18-20-22-24-26-28-30-32-38-44(50)47-40-34-36-43(49(3)42-46)37-35-41-48-45(51)39-33-31-29-27-25-23-21-19-17-15-13-11-9-7-5-2/h18-21,43H,4-17,22-42H2,1-3H3,(H,47,50)(H,48,51)/b20-18-,21-19-. The van der Waals surface area contributed by atoms with Gasteiger partial charge in [0.1, 0.15) is 0 Å². The molecule has 0 aromatic carbocycles. The molecule has 51 heavy (non-hydrogen) atoms. The third kappa shape index (κ3) is 38.2. The van der Waals surface area contributed by atoms with Gasteiger partial charge in [-0.2, -0.15) is 0 Å². The molecule has 6 heteroatoms. The Balaban J connectivity index is 3.71. The van der Waals surface area contributed by atoms with Crippen LogP contribution in [0.15, 0.2) is 24.3 Å². The number of alkyl halides is 1. The van der Waals surface area contributed by atoms with Gasteiger partial charge in [0.2, 0.25) is 11.8 Å². The van der Waals surface area contributed by atoms with Gasteiger partial charge in [0, 0.05) is 32.0 Å². The number of unbranched alkanes of at least 4 members (excludes halogenated alkanes) is 22. The molecular weight excluding hydrogens is 650 g/mol. The summed E-state index contributed by atoms with van der Waals surface area (Å²) in [5.41, 5.74) is 0. The Labute approximate surface area is 323 Å². The molecule has 300 valence electrons. The first-order valence-electron chi connectivity index (χ1n) is 22.1. The highest BCUT2D eigenvalue weighted by Gasteiger charge is 2.14. The first kappa shape index (κ1) is 49.7. The summed E-state index contributed by atoms with van der Waals surface area (Å²) in [6.45, 7) is 6.00. The van der Waals surface area contributed by atoms with Gasteiger partial charge in [0.25, 0.3) is 0 Å². The number of hydrogen-bond acceptors (Lipinski definition) is 3. The molecule has 0 bridgehead atoms. The number of carbonyl (C=O) groups excluding carboxylic acids is 2. The van der Waals surface area contributed by atoms with E-state index in [1.165, 1.54) is 141 Å². The summed E-state index contributed by atoms with van der Waals surface area (Å²) in [7, 11) is 2.06. The van der Waals surface area contributed by atoms with Gasteiger partial charge < -0.3 is 10.6 Å². The highest BCUT2D eigenvalue weighted by molar-refractivity contribution is 6.17. The Bertz CT molecular complexity index is 742. The molecule has 5 nitrogen and oxygen atoms in total. The van der Waals surface area contributed by atoms with Crippen LogP contribution in [0.3, 0.4) is 0 Å². The maximum absolute atomic E-state index is 12.3. The average Bonchev–Trinajstić information content (AvgIpc) is 3.13. The fraction of sp³-hybridized carbons (Fsp3) is 0.867. The van der Waals surface area contributed by atoms with E-state index in [0.717, 1.165) is 64.5 Å². The highest BCUT2D eigenvalue weighted by Crippen LogP contribution is 2.14. The predicted molar refractivity (Wildman–Crippen MR) is 226 cm³/mol. The highest BCUT2D eigenvalue weighted by atomic mass is 35.5. The molecule has 0 radical (unpaired) electrons. The lowest BCUT2D eigenvalue weighted by Crippen LogP contribution is -2.33. The van der Waals surface area contributed by atoms with Crippen LogP contribution in [0.2, 0.25) is 0 Å². The van der Waals surface area contributed by atoms with E-state index in [1.807, 2.05) is 0 Å². The van der Waals surface area contributed by atoms with Gasteiger partial charge in [-0.3, -0.25) is 14.5 Å². The van der Waals surface area contributed by atoms with Crippen LogP contribution in [0, 0.1) is 0 Å². The van der Waals surface area contributed by atoms with Crippen LogP contribution in [-0.2, 0) is 9.59 Å². The summed E-state index contributed by atoms with van der Waals surface area (Å²) in [4.78, 5) is 26.8. The number of halogens is 1. The van der Waals surface area contributed by atoms with E-state index in [0.29, 0.717) is 24.9 Å². The quantitative estimate of drug-likeness (QED) is 0.0285. The average molecular weight is 737 g/mol. The van der Waals surface area contributed by atoms with Gasteiger partial charge in [0.15, 0.2) is 0 Å². The second-order valence-corrected chi connectivity index (χ2v) is 15.4. The molecule has 0 aliphatic rings. The molecule has 0 rings (SSSR count). The van der Waals surface area contributed by atoms with Crippen molar-refractivity contribution in [2.45, 2.75) is 225 Å². The smallest absolute Gasteiger partial charge is 0.219 e. The summed E-state index contributed by atoms with van der Waals surface area (Å²) < 4.78 is 0. The van der Waals surface area contributed by atoms with Crippen LogP contribution in [-0.4, -0.2) is 48.9 Å². The summed E-state index contributed by atoms with van der Waals surface area (Å²) in [5, 5.41) is 6.24. The maximum Gasteiger partial charge on any atom is 0.219 e. The van der Waals surface area contributed by atoms with E-state index in [-0.39, 0.29) is 11.8 Å². The zero-order chi connectivity index (χ0) is 37.3. The molecule has 2 N–H and O–H groups in total. The van der Waals surface area contributed by atoms with Gasteiger partial charge in [-0.25, -0.2) is 0 Å². The van der Waals surface area contributed by atoms with Crippen molar-refractivity contribution in [3.8, 4) is 0 Å².